The zero-order valence-corrected chi connectivity index (χ0v) is 12.5. The Kier molecular flexibility index (Phi) is 5.12. The summed E-state index contributed by atoms with van der Waals surface area (Å²) in [7, 11) is 0. The molecule has 0 aliphatic heterocycles. The van der Waals surface area contributed by atoms with E-state index in [2.05, 4.69) is 10.3 Å². The minimum absolute atomic E-state index is 0.00186. The molecule has 1 amide bonds. The molecule has 0 aliphatic rings. The number of amides is 1. The van der Waals surface area contributed by atoms with E-state index in [0.29, 0.717) is 19.4 Å². The number of anilines is 1. The molecule has 2 rings (SSSR count). The number of aryl methyl sites for hydroxylation is 2. The van der Waals surface area contributed by atoms with Crippen molar-refractivity contribution >= 4 is 22.9 Å². The first-order valence-electron chi connectivity index (χ1n) is 6.61. The third kappa shape index (κ3) is 4.35. The summed E-state index contributed by atoms with van der Waals surface area (Å²) in [5, 5.41) is 5.87. The lowest BCUT2D eigenvalue weighted by Gasteiger charge is -2.06. The number of hydrogen-bond acceptors (Lipinski definition) is 4. The van der Waals surface area contributed by atoms with Crippen LogP contribution in [-0.2, 0) is 11.2 Å². The van der Waals surface area contributed by atoms with Gasteiger partial charge in [-0.2, -0.15) is 0 Å². The van der Waals surface area contributed by atoms with Crippen LogP contribution in [0, 0.1) is 6.92 Å². The predicted octanol–water partition coefficient (Wildman–Crippen LogP) is 3.42. The average Bonchev–Trinajstić information content (AvgIpc) is 2.85. The molecular weight excluding hydrogens is 272 g/mol. The molecule has 0 aliphatic carbocycles. The van der Waals surface area contributed by atoms with Gasteiger partial charge in [0, 0.05) is 29.6 Å². The van der Waals surface area contributed by atoms with Crippen molar-refractivity contribution in [1.29, 1.82) is 0 Å². The molecule has 0 bridgehead atoms. The molecule has 0 saturated carbocycles. The lowest BCUT2D eigenvalue weighted by molar-refractivity contribution is -0.116. The monoisotopic (exact) mass is 290 g/mol. The van der Waals surface area contributed by atoms with Gasteiger partial charge < -0.3 is 10.1 Å². The van der Waals surface area contributed by atoms with Crippen molar-refractivity contribution in [3.63, 3.8) is 0 Å². The number of ether oxygens (including phenoxy) is 1. The highest BCUT2D eigenvalue weighted by molar-refractivity contribution is 7.09. The zero-order chi connectivity index (χ0) is 14.4. The Balaban J connectivity index is 1.81. The quantitative estimate of drug-likeness (QED) is 0.887. The van der Waals surface area contributed by atoms with Gasteiger partial charge in [0.25, 0.3) is 0 Å². The van der Waals surface area contributed by atoms with E-state index < -0.39 is 0 Å². The normalized spacial score (nSPS) is 10.3. The molecule has 4 nitrogen and oxygen atoms in total. The van der Waals surface area contributed by atoms with Crippen molar-refractivity contribution in [1.82, 2.24) is 4.98 Å². The molecule has 0 radical (unpaired) electrons. The van der Waals surface area contributed by atoms with Gasteiger partial charge in [-0.25, -0.2) is 4.98 Å². The van der Waals surface area contributed by atoms with E-state index in [0.717, 1.165) is 22.1 Å². The van der Waals surface area contributed by atoms with E-state index in [-0.39, 0.29) is 5.91 Å². The second kappa shape index (κ2) is 7.05. The van der Waals surface area contributed by atoms with Gasteiger partial charge >= 0.3 is 0 Å². The first-order chi connectivity index (χ1) is 9.67. The fourth-order valence-electron chi connectivity index (χ4n) is 1.76. The maximum Gasteiger partial charge on any atom is 0.224 e. The van der Waals surface area contributed by atoms with E-state index in [1.54, 1.807) is 11.3 Å². The number of nitrogens with zero attached hydrogens (tertiary/aromatic N) is 1. The minimum atomic E-state index is 0.00186. The molecule has 5 heteroatoms. The molecule has 1 N–H and O–H groups in total. The number of hydrogen-bond donors (Lipinski definition) is 1. The molecule has 1 aromatic heterocycles. The number of rotatable bonds is 6. The number of nitrogens with one attached hydrogen (secondary N) is 1. The Labute approximate surface area is 122 Å². The van der Waals surface area contributed by atoms with Crippen LogP contribution < -0.4 is 10.1 Å². The topological polar surface area (TPSA) is 51.2 Å². The second-order valence-corrected chi connectivity index (χ2v) is 5.33. The van der Waals surface area contributed by atoms with Crippen LogP contribution in [0.2, 0.25) is 0 Å². The third-order valence-electron chi connectivity index (χ3n) is 2.68. The molecule has 1 aromatic carbocycles. The second-order valence-electron chi connectivity index (χ2n) is 4.39. The van der Waals surface area contributed by atoms with Crippen molar-refractivity contribution in [3.8, 4) is 5.75 Å². The fourth-order valence-corrected chi connectivity index (χ4v) is 2.54. The molecule has 0 fully saturated rings. The summed E-state index contributed by atoms with van der Waals surface area (Å²) in [5.41, 5.74) is 1.80. The first kappa shape index (κ1) is 14.5. The number of carbonyl (C=O) groups excluding carboxylic acids is 1. The SMILES string of the molecule is CCOc1ccc(NC(=O)CCc2nc(C)cs2)cc1. The maximum absolute atomic E-state index is 11.8. The summed E-state index contributed by atoms with van der Waals surface area (Å²) < 4.78 is 5.35. The highest BCUT2D eigenvalue weighted by Gasteiger charge is 2.05. The van der Waals surface area contributed by atoms with E-state index in [1.165, 1.54) is 0 Å². The van der Waals surface area contributed by atoms with Gasteiger partial charge in [0.15, 0.2) is 0 Å². The molecule has 0 unspecified atom stereocenters. The van der Waals surface area contributed by atoms with Crippen molar-refractivity contribution in [2.45, 2.75) is 26.7 Å². The molecular formula is C15H18N2O2S. The predicted molar refractivity (Wildman–Crippen MR) is 81.4 cm³/mol. The summed E-state index contributed by atoms with van der Waals surface area (Å²) in [6.07, 6.45) is 1.13. The lowest BCUT2D eigenvalue weighted by atomic mass is 10.2. The van der Waals surface area contributed by atoms with Gasteiger partial charge in [-0.05, 0) is 38.1 Å². The summed E-state index contributed by atoms with van der Waals surface area (Å²) in [5.74, 6) is 0.811. The number of benzene rings is 1. The van der Waals surface area contributed by atoms with Crippen molar-refractivity contribution < 1.29 is 9.53 Å². The zero-order valence-electron chi connectivity index (χ0n) is 11.7. The number of thiazole rings is 1. The average molecular weight is 290 g/mol. The van der Waals surface area contributed by atoms with Gasteiger partial charge in [0.05, 0.1) is 11.6 Å². The van der Waals surface area contributed by atoms with Gasteiger partial charge in [-0.1, -0.05) is 0 Å². The number of aromatic nitrogens is 1. The van der Waals surface area contributed by atoms with Crippen LogP contribution >= 0.6 is 11.3 Å². The summed E-state index contributed by atoms with van der Waals surface area (Å²) in [6.45, 7) is 4.54. The molecule has 2 aromatic rings. The van der Waals surface area contributed by atoms with Crippen LogP contribution in [0.3, 0.4) is 0 Å². The van der Waals surface area contributed by atoms with Crippen molar-refractivity contribution in [2.75, 3.05) is 11.9 Å². The van der Waals surface area contributed by atoms with Crippen LogP contribution in [-0.4, -0.2) is 17.5 Å². The Morgan fingerprint density at radius 2 is 2.10 bits per heavy atom. The Morgan fingerprint density at radius 3 is 2.70 bits per heavy atom. The molecule has 106 valence electrons. The van der Waals surface area contributed by atoms with Gasteiger partial charge in [0.1, 0.15) is 5.75 Å². The van der Waals surface area contributed by atoms with Crippen LogP contribution in [0.1, 0.15) is 24.0 Å². The van der Waals surface area contributed by atoms with Crippen LogP contribution in [0.15, 0.2) is 29.6 Å². The highest BCUT2D eigenvalue weighted by atomic mass is 32.1. The molecule has 0 saturated heterocycles. The summed E-state index contributed by atoms with van der Waals surface area (Å²) in [4.78, 5) is 16.2. The minimum Gasteiger partial charge on any atom is -0.494 e. The Hall–Kier alpha value is -1.88. The highest BCUT2D eigenvalue weighted by Crippen LogP contribution is 2.16. The van der Waals surface area contributed by atoms with Gasteiger partial charge in [-0.3, -0.25) is 4.79 Å². The van der Waals surface area contributed by atoms with Gasteiger partial charge in [-0.15, -0.1) is 11.3 Å². The lowest BCUT2D eigenvalue weighted by Crippen LogP contribution is -2.12. The molecule has 0 spiro atoms. The van der Waals surface area contributed by atoms with E-state index in [9.17, 15) is 4.79 Å². The van der Waals surface area contributed by atoms with Crippen molar-refractivity contribution in [2.24, 2.45) is 0 Å². The summed E-state index contributed by atoms with van der Waals surface area (Å²) in [6, 6.07) is 7.39. The van der Waals surface area contributed by atoms with Crippen LogP contribution in [0.4, 0.5) is 5.69 Å². The van der Waals surface area contributed by atoms with Gasteiger partial charge in [0.2, 0.25) is 5.91 Å². The number of carbonyl (C=O) groups is 1. The van der Waals surface area contributed by atoms with Crippen LogP contribution in [0.25, 0.3) is 0 Å². The fraction of sp³-hybridized carbons (Fsp3) is 0.333. The Bertz CT molecular complexity index is 564. The van der Waals surface area contributed by atoms with E-state index in [1.807, 2.05) is 43.5 Å². The van der Waals surface area contributed by atoms with E-state index in [4.69, 9.17) is 4.74 Å². The smallest absolute Gasteiger partial charge is 0.224 e. The largest absolute Gasteiger partial charge is 0.494 e. The third-order valence-corrected chi connectivity index (χ3v) is 3.71. The Morgan fingerprint density at radius 1 is 1.35 bits per heavy atom. The molecule has 1 heterocycles. The first-order valence-corrected chi connectivity index (χ1v) is 7.49. The summed E-state index contributed by atoms with van der Waals surface area (Å²) >= 11 is 1.60. The molecule has 0 atom stereocenters. The maximum atomic E-state index is 11.8. The molecule has 20 heavy (non-hydrogen) atoms. The van der Waals surface area contributed by atoms with E-state index >= 15 is 0 Å². The standard InChI is InChI=1S/C15H18N2O2S/c1-3-19-13-6-4-12(5-7-13)17-14(18)8-9-15-16-11(2)10-20-15/h4-7,10H,3,8-9H2,1-2H3,(H,17,18). The van der Waals surface area contributed by atoms with Crippen molar-refractivity contribution in [3.05, 3.63) is 40.3 Å². The van der Waals surface area contributed by atoms with Crippen LogP contribution in [0.5, 0.6) is 5.75 Å².